The quantitative estimate of drug-likeness (QED) is 0.642. The number of rotatable bonds is 10. The third-order valence-electron chi connectivity index (χ3n) is 3.19. The van der Waals surface area contributed by atoms with Crippen LogP contribution in [-0.4, -0.2) is 50.7 Å². The van der Waals surface area contributed by atoms with E-state index in [0.717, 1.165) is 10.6 Å². The van der Waals surface area contributed by atoms with Crippen molar-refractivity contribution in [1.29, 1.82) is 0 Å². The second-order valence-corrected chi connectivity index (χ2v) is 7.73. The summed E-state index contributed by atoms with van der Waals surface area (Å²) in [4.78, 5) is 11.9. The van der Waals surface area contributed by atoms with Gasteiger partial charge in [0, 0.05) is 25.3 Å². The molecule has 1 aromatic carbocycles. The summed E-state index contributed by atoms with van der Waals surface area (Å²) in [6.45, 7) is 4.22. The van der Waals surface area contributed by atoms with E-state index in [2.05, 4.69) is 5.32 Å². The maximum atomic E-state index is 13.7. The van der Waals surface area contributed by atoms with Crippen LogP contribution >= 0.6 is 0 Å². The molecule has 0 aromatic heterocycles. The third kappa shape index (κ3) is 7.85. The van der Waals surface area contributed by atoms with Gasteiger partial charge in [0.1, 0.15) is 5.82 Å². The normalized spacial score (nSPS) is 11.9. The molecular weight excluding hydrogens is 335 g/mol. The van der Waals surface area contributed by atoms with Crippen molar-refractivity contribution in [1.82, 2.24) is 9.62 Å². The Morgan fingerprint density at radius 2 is 2.00 bits per heavy atom. The molecule has 0 fully saturated rings. The predicted molar refractivity (Wildman–Crippen MR) is 90.4 cm³/mol. The molecule has 0 aliphatic carbocycles. The van der Waals surface area contributed by atoms with Crippen LogP contribution in [0.25, 0.3) is 0 Å². The molecule has 0 saturated carbocycles. The van der Waals surface area contributed by atoms with Crippen molar-refractivity contribution in [2.45, 2.75) is 32.9 Å². The first kappa shape index (κ1) is 20.5. The SMILES string of the molecule is CC(C)OCCCNC(=O)CN(Cc1ccccc1F)S(C)(=O)=O. The summed E-state index contributed by atoms with van der Waals surface area (Å²) in [6.07, 6.45) is 1.76. The maximum Gasteiger partial charge on any atom is 0.235 e. The van der Waals surface area contributed by atoms with E-state index < -0.39 is 21.7 Å². The van der Waals surface area contributed by atoms with E-state index in [1.54, 1.807) is 6.07 Å². The average Bonchev–Trinajstić information content (AvgIpc) is 2.47. The Morgan fingerprint density at radius 1 is 1.33 bits per heavy atom. The first-order valence-corrected chi connectivity index (χ1v) is 9.62. The number of hydrogen-bond acceptors (Lipinski definition) is 4. The number of nitrogens with zero attached hydrogens (tertiary/aromatic N) is 1. The Balaban J connectivity index is 2.55. The van der Waals surface area contributed by atoms with Crippen LogP contribution < -0.4 is 5.32 Å². The number of sulfonamides is 1. The van der Waals surface area contributed by atoms with Gasteiger partial charge in [0.2, 0.25) is 15.9 Å². The minimum atomic E-state index is -3.64. The van der Waals surface area contributed by atoms with Crippen LogP contribution in [-0.2, 0) is 26.1 Å². The fourth-order valence-electron chi connectivity index (χ4n) is 1.94. The zero-order valence-electron chi connectivity index (χ0n) is 14.3. The largest absolute Gasteiger partial charge is 0.379 e. The van der Waals surface area contributed by atoms with Gasteiger partial charge in [-0.1, -0.05) is 18.2 Å². The van der Waals surface area contributed by atoms with E-state index >= 15 is 0 Å². The minimum absolute atomic E-state index is 0.127. The number of halogens is 1. The molecule has 1 amide bonds. The standard InChI is InChI=1S/C16H25FN2O4S/c1-13(2)23-10-6-9-18-16(20)12-19(24(3,21)22)11-14-7-4-5-8-15(14)17/h4-5,7-8,13H,6,9-12H2,1-3H3,(H,18,20). The monoisotopic (exact) mass is 360 g/mol. The Hall–Kier alpha value is -1.51. The Morgan fingerprint density at radius 3 is 2.58 bits per heavy atom. The number of benzene rings is 1. The van der Waals surface area contributed by atoms with Gasteiger partial charge in [-0.05, 0) is 26.3 Å². The molecule has 6 nitrogen and oxygen atoms in total. The van der Waals surface area contributed by atoms with Gasteiger partial charge in [-0.15, -0.1) is 0 Å². The zero-order chi connectivity index (χ0) is 18.2. The molecule has 0 atom stereocenters. The highest BCUT2D eigenvalue weighted by molar-refractivity contribution is 7.88. The lowest BCUT2D eigenvalue weighted by atomic mass is 10.2. The molecule has 0 spiro atoms. The van der Waals surface area contributed by atoms with Gasteiger partial charge in [-0.25, -0.2) is 12.8 Å². The van der Waals surface area contributed by atoms with Crippen molar-refractivity contribution >= 4 is 15.9 Å². The van der Waals surface area contributed by atoms with Gasteiger partial charge in [-0.3, -0.25) is 4.79 Å². The summed E-state index contributed by atoms with van der Waals surface area (Å²) in [7, 11) is -3.64. The van der Waals surface area contributed by atoms with Crippen molar-refractivity contribution in [2.75, 3.05) is 26.0 Å². The van der Waals surface area contributed by atoms with Crippen LogP contribution in [0.1, 0.15) is 25.8 Å². The van der Waals surface area contributed by atoms with Gasteiger partial charge in [0.25, 0.3) is 0 Å². The molecular formula is C16H25FN2O4S. The summed E-state index contributed by atoms with van der Waals surface area (Å²) in [5, 5.41) is 2.64. The number of amides is 1. The number of hydrogen-bond donors (Lipinski definition) is 1. The molecule has 0 saturated heterocycles. The van der Waals surface area contributed by atoms with Crippen molar-refractivity contribution in [2.24, 2.45) is 0 Å². The maximum absolute atomic E-state index is 13.7. The summed E-state index contributed by atoms with van der Waals surface area (Å²) >= 11 is 0. The molecule has 8 heteroatoms. The number of ether oxygens (including phenoxy) is 1. The van der Waals surface area contributed by atoms with E-state index in [4.69, 9.17) is 4.74 Å². The summed E-state index contributed by atoms with van der Waals surface area (Å²) < 4.78 is 43.7. The molecule has 136 valence electrons. The lowest BCUT2D eigenvalue weighted by Gasteiger charge is -2.20. The van der Waals surface area contributed by atoms with Crippen LogP contribution in [0, 0.1) is 5.82 Å². The van der Waals surface area contributed by atoms with Gasteiger partial charge < -0.3 is 10.1 Å². The first-order valence-electron chi connectivity index (χ1n) is 7.77. The Labute approximate surface area is 143 Å². The van der Waals surface area contributed by atoms with E-state index in [-0.39, 0.29) is 24.8 Å². The van der Waals surface area contributed by atoms with Crippen molar-refractivity contribution < 1.29 is 22.3 Å². The van der Waals surface area contributed by atoms with Gasteiger partial charge >= 0.3 is 0 Å². The van der Waals surface area contributed by atoms with Gasteiger partial charge in [0.05, 0.1) is 18.9 Å². The van der Waals surface area contributed by atoms with Gasteiger partial charge in [0.15, 0.2) is 0 Å². The van der Waals surface area contributed by atoms with Crippen molar-refractivity contribution in [3.8, 4) is 0 Å². The molecule has 1 rings (SSSR count). The second-order valence-electron chi connectivity index (χ2n) is 5.75. The van der Waals surface area contributed by atoms with Gasteiger partial charge in [-0.2, -0.15) is 4.31 Å². The van der Waals surface area contributed by atoms with E-state index in [9.17, 15) is 17.6 Å². The lowest BCUT2D eigenvalue weighted by molar-refractivity contribution is -0.121. The lowest BCUT2D eigenvalue weighted by Crippen LogP contribution is -2.40. The van der Waals surface area contributed by atoms with Crippen LogP contribution in [0.4, 0.5) is 4.39 Å². The number of carbonyl (C=O) groups excluding carboxylic acids is 1. The molecule has 1 N–H and O–H groups in total. The second kappa shape index (κ2) is 9.71. The van der Waals surface area contributed by atoms with Crippen molar-refractivity contribution in [3.63, 3.8) is 0 Å². The Kier molecular flexibility index (Phi) is 8.30. The van der Waals surface area contributed by atoms with E-state index in [1.165, 1.54) is 18.2 Å². The van der Waals surface area contributed by atoms with Crippen LogP contribution in [0.3, 0.4) is 0 Å². The fraction of sp³-hybridized carbons (Fsp3) is 0.562. The molecule has 0 bridgehead atoms. The molecule has 0 heterocycles. The number of carbonyl (C=O) groups is 1. The Bertz CT molecular complexity index is 635. The molecule has 0 aliphatic rings. The highest BCUT2D eigenvalue weighted by Crippen LogP contribution is 2.12. The predicted octanol–water partition coefficient (Wildman–Crippen LogP) is 1.52. The summed E-state index contributed by atoms with van der Waals surface area (Å²) in [5.41, 5.74) is 0.223. The van der Waals surface area contributed by atoms with E-state index in [0.29, 0.717) is 19.6 Å². The molecule has 1 aromatic rings. The average molecular weight is 360 g/mol. The van der Waals surface area contributed by atoms with Crippen LogP contribution in [0.2, 0.25) is 0 Å². The highest BCUT2D eigenvalue weighted by Gasteiger charge is 2.21. The highest BCUT2D eigenvalue weighted by atomic mass is 32.2. The molecule has 0 aliphatic heterocycles. The molecule has 24 heavy (non-hydrogen) atoms. The van der Waals surface area contributed by atoms with Crippen LogP contribution in [0.5, 0.6) is 0 Å². The first-order chi connectivity index (χ1) is 11.2. The summed E-state index contributed by atoms with van der Waals surface area (Å²) in [5.74, 6) is -0.932. The fourth-order valence-corrected chi connectivity index (χ4v) is 2.67. The molecule has 0 radical (unpaired) electrons. The molecule has 0 unspecified atom stereocenters. The number of nitrogens with one attached hydrogen (secondary N) is 1. The minimum Gasteiger partial charge on any atom is -0.379 e. The van der Waals surface area contributed by atoms with E-state index in [1.807, 2.05) is 13.8 Å². The third-order valence-corrected chi connectivity index (χ3v) is 4.38. The van der Waals surface area contributed by atoms with Crippen LogP contribution in [0.15, 0.2) is 24.3 Å². The van der Waals surface area contributed by atoms with Crippen molar-refractivity contribution in [3.05, 3.63) is 35.6 Å². The smallest absolute Gasteiger partial charge is 0.235 e. The zero-order valence-corrected chi connectivity index (χ0v) is 15.1. The summed E-state index contributed by atoms with van der Waals surface area (Å²) in [6, 6.07) is 5.89. The topological polar surface area (TPSA) is 75.7 Å².